The van der Waals surface area contributed by atoms with Crippen LogP contribution in [0.4, 0.5) is 0 Å². The molecule has 4 heteroatoms. The predicted octanol–water partition coefficient (Wildman–Crippen LogP) is 2.72. The van der Waals surface area contributed by atoms with E-state index in [4.69, 9.17) is 11.6 Å². The van der Waals surface area contributed by atoms with Gasteiger partial charge in [-0.25, -0.2) is 4.98 Å². The lowest BCUT2D eigenvalue weighted by Gasteiger charge is -2.04. The van der Waals surface area contributed by atoms with Gasteiger partial charge in [0.1, 0.15) is 11.0 Å². The van der Waals surface area contributed by atoms with Crippen molar-refractivity contribution in [1.29, 1.82) is 0 Å². The number of hydrogen-bond acceptors (Lipinski definition) is 2. The SMILES string of the molecule is CCCCc1nc(Cl)c(CCC)c(=O)[nH]1. The second-order valence-electron chi connectivity index (χ2n) is 3.64. The molecule has 1 N–H and O–H groups in total. The minimum atomic E-state index is -0.0806. The highest BCUT2D eigenvalue weighted by Crippen LogP contribution is 2.11. The highest BCUT2D eigenvalue weighted by atomic mass is 35.5. The van der Waals surface area contributed by atoms with Crippen molar-refractivity contribution in [2.24, 2.45) is 0 Å². The summed E-state index contributed by atoms with van der Waals surface area (Å²) in [5.41, 5.74) is 0.530. The van der Waals surface area contributed by atoms with E-state index in [0.717, 1.165) is 25.7 Å². The maximum Gasteiger partial charge on any atom is 0.255 e. The van der Waals surface area contributed by atoms with E-state index in [2.05, 4.69) is 16.9 Å². The minimum absolute atomic E-state index is 0.0806. The molecular formula is C11H17ClN2O. The molecule has 1 heterocycles. The molecular weight excluding hydrogens is 212 g/mol. The van der Waals surface area contributed by atoms with E-state index in [1.165, 1.54) is 0 Å². The predicted molar refractivity (Wildman–Crippen MR) is 62.5 cm³/mol. The van der Waals surface area contributed by atoms with Crippen LogP contribution in [-0.4, -0.2) is 9.97 Å². The molecule has 0 spiro atoms. The first kappa shape index (κ1) is 12.2. The Morgan fingerprint density at radius 2 is 2.00 bits per heavy atom. The molecule has 1 rings (SSSR count). The molecule has 15 heavy (non-hydrogen) atoms. The third-order valence-electron chi connectivity index (χ3n) is 2.28. The van der Waals surface area contributed by atoms with Crippen LogP contribution in [0, 0.1) is 0 Å². The number of aromatic nitrogens is 2. The van der Waals surface area contributed by atoms with Crippen molar-refractivity contribution >= 4 is 11.6 Å². The first-order chi connectivity index (χ1) is 7.19. The van der Waals surface area contributed by atoms with Crippen LogP contribution in [0.2, 0.25) is 5.15 Å². The van der Waals surface area contributed by atoms with Crippen LogP contribution in [0.15, 0.2) is 4.79 Å². The van der Waals surface area contributed by atoms with Gasteiger partial charge >= 0.3 is 0 Å². The smallest absolute Gasteiger partial charge is 0.255 e. The lowest BCUT2D eigenvalue weighted by atomic mass is 10.2. The van der Waals surface area contributed by atoms with Gasteiger partial charge in [0.05, 0.1) is 5.56 Å². The molecule has 0 aliphatic rings. The Labute approximate surface area is 94.9 Å². The number of aryl methyl sites for hydroxylation is 1. The molecule has 0 aliphatic carbocycles. The van der Waals surface area contributed by atoms with Crippen molar-refractivity contribution in [3.63, 3.8) is 0 Å². The Hall–Kier alpha value is -0.830. The zero-order valence-electron chi connectivity index (χ0n) is 9.27. The number of nitrogens with one attached hydrogen (secondary N) is 1. The quantitative estimate of drug-likeness (QED) is 0.788. The highest BCUT2D eigenvalue weighted by molar-refractivity contribution is 6.30. The first-order valence-electron chi connectivity index (χ1n) is 5.46. The van der Waals surface area contributed by atoms with Crippen LogP contribution in [0.1, 0.15) is 44.5 Å². The zero-order chi connectivity index (χ0) is 11.3. The van der Waals surface area contributed by atoms with E-state index in [0.29, 0.717) is 23.0 Å². The van der Waals surface area contributed by atoms with Crippen molar-refractivity contribution in [2.75, 3.05) is 0 Å². The van der Waals surface area contributed by atoms with Crippen molar-refractivity contribution < 1.29 is 0 Å². The molecule has 84 valence electrons. The van der Waals surface area contributed by atoms with Gasteiger partial charge in [-0.05, 0) is 12.8 Å². The Morgan fingerprint density at radius 3 is 2.53 bits per heavy atom. The molecule has 1 aromatic rings. The van der Waals surface area contributed by atoms with Crippen LogP contribution in [0.25, 0.3) is 0 Å². The lowest BCUT2D eigenvalue weighted by molar-refractivity contribution is 0.740. The number of halogens is 1. The maximum atomic E-state index is 11.6. The van der Waals surface area contributed by atoms with E-state index in [9.17, 15) is 4.79 Å². The molecule has 0 saturated carbocycles. The normalized spacial score (nSPS) is 10.6. The van der Waals surface area contributed by atoms with Gasteiger partial charge in [0, 0.05) is 6.42 Å². The van der Waals surface area contributed by atoms with Gasteiger partial charge in [0.2, 0.25) is 0 Å². The van der Waals surface area contributed by atoms with Gasteiger partial charge in [-0.3, -0.25) is 4.79 Å². The zero-order valence-corrected chi connectivity index (χ0v) is 10.0. The summed E-state index contributed by atoms with van der Waals surface area (Å²) < 4.78 is 0. The largest absolute Gasteiger partial charge is 0.310 e. The molecule has 0 radical (unpaired) electrons. The van der Waals surface area contributed by atoms with E-state index in [1.807, 2.05) is 6.92 Å². The number of hydrogen-bond donors (Lipinski definition) is 1. The fourth-order valence-corrected chi connectivity index (χ4v) is 1.73. The first-order valence-corrected chi connectivity index (χ1v) is 5.84. The summed E-state index contributed by atoms with van der Waals surface area (Å²) in [7, 11) is 0. The minimum Gasteiger partial charge on any atom is -0.310 e. The number of aromatic amines is 1. The Balaban J connectivity index is 2.92. The lowest BCUT2D eigenvalue weighted by Crippen LogP contribution is -2.17. The summed E-state index contributed by atoms with van der Waals surface area (Å²) in [5.74, 6) is 0.701. The van der Waals surface area contributed by atoms with Crippen LogP contribution in [0.3, 0.4) is 0 Å². The summed E-state index contributed by atoms with van der Waals surface area (Å²) in [6.45, 7) is 4.12. The van der Waals surface area contributed by atoms with Crippen LogP contribution in [0.5, 0.6) is 0 Å². The average Bonchev–Trinajstić information content (AvgIpc) is 2.20. The number of H-pyrrole nitrogens is 1. The van der Waals surface area contributed by atoms with Crippen molar-refractivity contribution in [3.8, 4) is 0 Å². The molecule has 0 unspecified atom stereocenters. The number of nitrogens with zero attached hydrogens (tertiary/aromatic N) is 1. The van der Waals surface area contributed by atoms with Crippen molar-refractivity contribution in [2.45, 2.75) is 46.0 Å². The van der Waals surface area contributed by atoms with Crippen LogP contribution < -0.4 is 5.56 Å². The standard InChI is InChI=1S/C11H17ClN2O/c1-3-5-7-9-13-10(12)8(6-4-2)11(15)14-9/h3-7H2,1-2H3,(H,13,14,15). The van der Waals surface area contributed by atoms with Gasteiger partial charge in [0.25, 0.3) is 5.56 Å². The van der Waals surface area contributed by atoms with E-state index >= 15 is 0 Å². The van der Waals surface area contributed by atoms with Gasteiger partial charge < -0.3 is 4.98 Å². The molecule has 0 bridgehead atoms. The summed E-state index contributed by atoms with van der Waals surface area (Å²) in [4.78, 5) is 18.6. The molecule has 0 atom stereocenters. The average molecular weight is 229 g/mol. The summed E-state index contributed by atoms with van der Waals surface area (Å²) in [6.07, 6.45) is 4.48. The van der Waals surface area contributed by atoms with E-state index in [-0.39, 0.29) is 5.56 Å². The fourth-order valence-electron chi connectivity index (χ4n) is 1.44. The molecule has 0 aromatic carbocycles. The number of unbranched alkanes of at least 4 members (excludes halogenated alkanes) is 1. The van der Waals surface area contributed by atoms with Crippen LogP contribution >= 0.6 is 11.6 Å². The molecule has 1 aromatic heterocycles. The second-order valence-corrected chi connectivity index (χ2v) is 3.99. The Morgan fingerprint density at radius 1 is 1.27 bits per heavy atom. The monoisotopic (exact) mass is 228 g/mol. The van der Waals surface area contributed by atoms with Gasteiger partial charge in [-0.15, -0.1) is 0 Å². The molecule has 0 fully saturated rings. The number of rotatable bonds is 5. The van der Waals surface area contributed by atoms with Crippen molar-refractivity contribution in [3.05, 3.63) is 26.9 Å². The molecule has 0 saturated heterocycles. The highest BCUT2D eigenvalue weighted by Gasteiger charge is 2.08. The van der Waals surface area contributed by atoms with Crippen LogP contribution in [-0.2, 0) is 12.8 Å². The third kappa shape index (κ3) is 3.34. The topological polar surface area (TPSA) is 45.8 Å². The fraction of sp³-hybridized carbons (Fsp3) is 0.636. The summed E-state index contributed by atoms with van der Waals surface area (Å²) >= 11 is 5.96. The molecule has 3 nitrogen and oxygen atoms in total. The Kier molecular flexibility index (Phi) is 4.82. The van der Waals surface area contributed by atoms with Gasteiger partial charge in [-0.1, -0.05) is 38.3 Å². The summed E-state index contributed by atoms with van der Waals surface area (Å²) in [5, 5.41) is 0.367. The van der Waals surface area contributed by atoms with E-state index in [1.54, 1.807) is 0 Å². The maximum absolute atomic E-state index is 11.6. The van der Waals surface area contributed by atoms with Gasteiger partial charge in [0.15, 0.2) is 0 Å². The Bertz CT molecular complexity index is 373. The summed E-state index contributed by atoms with van der Waals surface area (Å²) in [6, 6.07) is 0. The molecule has 0 amide bonds. The van der Waals surface area contributed by atoms with Crippen molar-refractivity contribution in [1.82, 2.24) is 9.97 Å². The third-order valence-corrected chi connectivity index (χ3v) is 2.59. The molecule has 0 aliphatic heterocycles. The second kappa shape index (κ2) is 5.91. The van der Waals surface area contributed by atoms with Gasteiger partial charge in [-0.2, -0.15) is 0 Å². The van der Waals surface area contributed by atoms with E-state index < -0.39 is 0 Å².